The Morgan fingerprint density at radius 2 is 1.03 bits per heavy atom. The highest BCUT2D eigenvalue weighted by Crippen LogP contribution is 2.19. The lowest BCUT2D eigenvalue weighted by Gasteiger charge is -2.03. The molecule has 30 heavy (non-hydrogen) atoms. The van der Waals surface area contributed by atoms with Gasteiger partial charge in [-0.25, -0.2) is 0 Å². The smallest absolute Gasteiger partial charge is 0.243 e. The minimum atomic E-state index is -0.00132. The quantitative estimate of drug-likeness (QED) is 0.119. The van der Waals surface area contributed by atoms with Crippen LogP contribution in [0.15, 0.2) is 24.3 Å². The van der Waals surface area contributed by atoms with Crippen LogP contribution in [0.4, 0.5) is 0 Å². The van der Waals surface area contributed by atoms with E-state index in [1.165, 1.54) is 64.2 Å². The highest BCUT2D eigenvalue weighted by molar-refractivity contribution is 8.76. The standard InChI is InChI=1S/C24H44N2O2S2/c1-3-5-7-9-11-13-15-17-23(27)25-19-21-29-30-22-20-26-24(28)18-16-14-12-10-8-6-4-2/h15-18H,3-14,19-22H2,1-2H3,(H,25,27)(H,26,28). The monoisotopic (exact) mass is 456 g/mol. The van der Waals surface area contributed by atoms with E-state index in [1.54, 1.807) is 33.7 Å². The number of rotatable bonds is 21. The molecule has 0 aromatic heterocycles. The van der Waals surface area contributed by atoms with Gasteiger partial charge < -0.3 is 10.6 Å². The molecule has 0 aliphatic carbocycles. The van der Waals surface area contributed by atoms with Gasteiger partial charge in [-0.1, -0.05) is 99.0 Å². The zero-order valence-corrected chi connectivity index (χ0v) is 20.9. The predicted molar refractivity (Wildman–Crippen MR) is 136 cm³/mol. The van der Waals surface area contributed by atoms with E-state index in [-0.39, 0.29) is 11.8 Å². The third-order valence-corrected chi connectivity index (χ3v) is 6.95. The van der Waals surface area contributed by atoms with Gasteiger partial charge in [0.15, 0.2) is 0 Å². The molecular weight excluding hydrogens is 412 g/mol. The van der Waals surface area contributed by atoms with Gasteiger partial charge in [-0.15, -0.1) is 0 Å². The maximum Gasteiger partial charge on any atom is 0.243 e. The maximum atomic E-state index is 11.7. The molecule has 2 N–H and O–H groups in total. The molecule has 0 spiro atoms. The van der Waals surface area contributed by atoms with Crippen LogP contribution >= 0.6 is 21.6 Å². The molecule has 0 saturated heterocycles. The zero-order valence-electron chi connectivity index (χ0n) is 19.3. The van der Waals surface area contributed by atoms with E-state index in [0.29, 0.717) is 13.1 Å². The van der Waals surface area contributed by atoms with Crippen molar-refractivity contribution in [2.45, 2.75) is 90.9 Å². The lowest BCUT2D eigenvalue weighted by molar-refractivity contribution is -0.117. The zero-order chi connectivity index (χ0) is 22.1. The highest BCUT2D eigenvalue weighted by atomic mass is 33.1. The lowest BCUT2D eigenvalue weighted by atomic mass is 10.1. The second-order valence-electron chi connectivity index (χ2n) is 7.44. The van der Waals surface area contributed by atoms with Crippen LogP contribution in [-0.4, -0.2) is 36.4 Å². The van der Waals surface area contributed by atoms with Gasteiger partial charge >= 0.3 is 0 Å². The van der Waals surface area contributed by atoms with Gasteiger partial charge in [0.2, 0.25) is 11.8 Å². The van der Waals surface area contributed by atoms with Crippen LogP contribution in [0.1, 0.15) is 90.9 Å². The van der Waals surface area contributed by atoms with Gasteiger partial charge in [0.05, 0.1) is 0 Å². The molecule has 0 atom stereocenters. The number of hydrogen-bond donors (Lipinski definition) is 2. The average Bonchev–Trinajstić information content (AvgIpc) is 2.74. The third kappa shape index (κ3) is 23.4. The Morgan fingerprint density at radius 1 is 0.633 bits per heavy atom. The molecule has 0 aromatic rings. The molecule has 0 fully saturated rings. The Bertz CT molecular complexity index is 426. The van der Waals surface area contributed by atoms with E-state index in [2.05, 4.69) is 24.5 Å². The molecule has 0 saturated carbocycles. The Labute approximate surface area is 193 Å². The van der Waals surface area contributed by atoms with Crippen LogP contribution in [0.2, 0.25) is 0 Å². The average molecular weight is 457 g/mol. The summed E-state index contributed by atoms with van der Waals surface area (Å²) in [4.78, 5) is 23.4. The number of unbranched alkanes of at least 4 members (excludes halogenated alkanes) is 10. The SMILES string of the molecule is CCCCCCCC=CC(=O)NCCSSCCNC(=O)C=CCCCCCCC. The third-order valence-electron chi connectivity index (χ3n) is 4.54. The molecule has 0 aliphatic rings. The van der Waals surface area contributed by atoms with Crippen LogP contribution in [0.3, 0.4) is 0 Å². The first-order chi connectivity index (χ1) is 14.7. The Balaban J connectivity index is 3.40. The first-order valence-electron chi connectivity index (χ1n) is 11.8. The summed E-state index contributed by atoms with van der Waals surface area (Å²) in [7, 11) is 3.45. The van der Waals surface area contributed by atoms with Crippen molar-refractivity contribution in [2.24, 2.45) is 0 Å². The van der Waals surface area contributed by atoms with Gasteiger partial charge in [-0.05, 0) is 37.8 Å². The Kier molecular flexibility index (Phi) is 23.7. The molecule has 0 radical (unpaired) electrons. The first kappa shape index (κ1) is 29.1. The summed E-state index contributed by atoms with van der Waals surface area (Å²) in [6.45, 7) is 5.78. The van der Waals surface area contributed by atoms with Crippen molar-refractivity contribution in [3.8, 4) is 0 Å². The number of allylic oxidation sites excluding steroid dienone is 2. The van der Waals surface area contributed by atoms with E-state index < -0.39 is 0 Å². The fourth-order valence-electron chi connectivity index (χ4n) is 2.78. The Morgan fingerprint density at radius 3 is 1.43 bits per heavy atom. The van der Waals surface area contributed by atoms with Crippen molar-refractivity contribution < 1.29 is 9.59 Å². The minimum Gasteiger partial charge on any atom is -0.352 e. The molecule has 4 nitrogen and oxygen atoms in total. The second-order valence-corrected chi connectivity index (χ2v) is 10.1. The van der Waals surface area contributed by atoms with E-state index in [9.17, 15) is 9.59 Å². The highest BCUT2D eigenvalue weighted by Gasteiger charge is 1.97. The van der Waals surface area contributed by atoms with Gasteiger partial charge in [0, 0.05) is 24.6 Å². The number of amides is 2. The molecule has 0 aliphatic heterocycles. The van der Waals surface area contributed by atoms with Crippen LogP contribution in [0, 0.1) is 0 Å². The topological polar surface area (TPSA) is 58.2 Å². The summed E-state index contributed by atoms with van der Waals surface area (Å²) >= 11 is 0. The fraction of sp³-hybridized carbons (Fsp3) is 0.750. The van der Waals surface area contributed by atoms with E-state index in [4.69, 9.17) is 0 Å². The molecule has 6 heteroatoms. The van der Waals surface area contributed by atoms with E-state index in [0.717, 1.165) is 24.3 Å². The second kappa shape index (κ2) is 24.4. The molecule has 174 valence electrons. The van der Waals surface area contributed by atoms with Gasteiger partial charge in [-0.3, -0.25) is 9.59 Å². The molecule has 0 rings (SSSR count). The summed E-state index contributed by atoms with van der Waals surface area (Å²) in [6.07, 6.45) is 21.8. The minimum absolute atomic E-state index is 0.00132. The summed E-state index contributed by atoms with van der Waals surface area (Å²) < 4.78 is 0. The molecule has 0 heterocycles. The van der Waals surface area contributed by atoms with E-state index >= 15 is 0 Å². The van der Waals surface area contributed by atoms with Crippen molar-refractivity contribution in [3.63, 3.8) is 0 Å². The predicted octanol–water partition coefficient (Wildman–Crippen LogP) is 6.43. The van der Waals surface area contributed by atoms with Crippen molar-refractivity contribution >= 4 is 33.4 Å². The number of carbonyl (C=O) groups is 2. The van der Waals surface area contributed by atoms with Crippen LogP contribution in [0.25, 0.3) is 0 Å². The normalized spacial score (nSPS) is 11.4. The van der Waals surface area contributed by atoms with Crippen molar-refractivity contribution in [3.05, 3.63) is 24.3 Å². The molecule has 2 amide bonds. The Hall–Kier alpha value is -0.880. The summed E-state index contributed by atoms with van der Waals surface area (Å²) in [6, 6.07) is 0. The molecular formula is C24H44N2O2S2. The number of hydrogen-bond acceptors (Lipinski definition) is 4. The van der Waals surface area contributed by atoms with Gasteiger partial charge in [0.1, 0.15) is 0 Å². The summed E-state index contributed by atoms with van der Waals surface area (Å²) in [5.41, 5.74) is 0. The fourth-order valence-corrected chi connectivity index (χ4v) is 4.59. The molecule has 0 unspecified atom stereocenters. The number of carbonyl (C=O) groups excluding carboxylic acids is 2. The van der Waals surface area contributed by atoms with Crippen LogP contribution in [-0.2, 0) is 9.59 Å². The van der Waals surface area contributed by atoms with Crippen molar-refractivity contribution in [1.29, 1.82) is 0 Å². The lowest BCUT2D eigenvalue weighted by Crippen LogP contribution is -2.24. The molecule has 0 bridgehead atoms. The number of nitrogens with one attached hydrogen (secondary N) is 2. The van der Waals surface area contributed by atoms with Crippen LogP contribution < -0.4 is 10.6 Å². The van der Waals surface area contributed by atoms with Gasteiger partial charge in [-0.2, -0.15) is 0 Å². The summed E-state index contributed by atoms with van der Waals surface area (Å²) in [5, 5.41) is 5.82. The van der Waals surface area contributed by atoms with Crippen LogP contribution in [0.5, 0.6) is 0 Å². The van der Waals surface area contributed by atoms with Crippen molar-refractivity contribution in [1.82, 2.24) is 10.6 Å². The largest absolute Gasteiger partial charge is 0.352 e. The summed E-state index contributed by atoms with van der Waals surface area (Å²) in [5.74, 6) is 1.73. The first-order valence-corrected chi connectivity index (χ1v) is 14.3. The maximum absolute atomic E-state index is 11.7. The van der Waals surface area contributed by atoms with Crippen molar-refractivity contribution in [2.75, 3.05) is 24.6 Å². The molecule has 0 aromatic carbocycles. The van der Waals surface area contributed by atoms with Gasteiger partial charge in [0.25, 0.3) is 0 Å². The van der Waals surface area contributed by atoms with E-state index in [1.807, 2.05) is 12.2 Å².